The third-order valence-electron chi connectivity index (χ3n) is 13.4. The van der Waals surface area contributed by atoms with E-state index in [0.717, 1.165) is 80.2 Å². The molecule has 4 amide bonds. The minimum atomic E-state index is -4.60. The van der Waals surface area contributed by atoms with Gasteiger partial charge in [-0.1, -0.05) is 43.5 Å². The summed E-state index contributed by atoms with van der Waals surface area (Å²) in [4.78, 5) is 78.3. The fourth-order valence-corrected chi connectivity index (χ4v) is 9.97. The van der Waals surface area contributed by atoms with Gasteiger partial charge >= 0.3 is 12.1 Å². The molecule has 0 spiro atoms. The zero-order chi connectivity index (χ0) is 51.1. The molecule has 2 aromatic heterocycles. The van der Waals surface area contributed by atoms with Gasteiger partial charge in [-0.15, -0.1) is 0 Å². The third-order valence-corrected chi connectivity index (χ3v) is 13.4. The number of aromatic nitrogens is 4. The molecule has 3 aliphatic heterocycles. The molecule has 2 N–H and O–H groups in total. The summed E-state index contributed by atoms with van der Waals surface area (Å²) >= 11 is 0. The first-order valence-electron chi connectivity index (χ1n) is 24.2. The molecule has 18 heteroatoms. The van der Waals surface area contributed by atoms with E-state index in [2.05, 4.69) is 57.3 Å². The van der Waals surface area contributed by atoms with Crippen molar-refractivity contribution in [2.45, 2.75) is 76.7 Å². The van der Waals surface area contributed by atoms with Gasteiger partial charge in [0.05, 0.1) is 52.4 Å². The number of aryl methyl sites for hydroxylation is 1. The molecule has 3 saturated heterocycles. The molecule has 0 saturated carbocycles. The number of hydrogen-bond donors (Lipinski definition) is 2. The van der Waals surface area contributed by atoms with Crippen LogP contribution in [0.2, 0.25) is 0 Å². The van der Waals surface area contributed by atoms with Crippen LogP contribution in [0.25, 0.3) is 22.1 Å². The molecule has 2 atom stereocenters. The molecule has 4 aromatic carbocycles. The van der Waals surface area contributed by atoms with E-state index in [4.69, 9.17) is 9.72 Å². The first-order valence-corrected chi connectivity index (χ1v) is 24.2. The largest absolute Gasteiger partial charge is 0.465 e. The zero-order valence-electron chi connectivity index (χ0n) is 40.4. The van der Waals surface area contributed by atoms with Crippen molar-refractivity contribution in [2.24, 2.45) is 0 Å². The van der Waals surface area contributed by atoms with E-state index in [-0.39, 0.29) is 46.9 Å². The SMILES string of the molecule is C=CC(=O)N1CCCC(n2c(NC(=O)c3cccc(C(F)(F)F)c3)nc3cc(C(=O)OC)ccc32)C1.C=CC(=O)N1CCCC[C@@H](n2c(NC(=O)c3ccccc3)nc3cc(CN4CCCC4)cc(C)c32)C1. The lowest BCUT2D eigenvalue weighted by atomic mass is 10.0. The zero-order valence-corrected chi connectivity index (χ0v) is 40.4. The van der Waals surface area contributed by atoms with Gasteiger partial charge in [-0.05, 0) is 143 Å². The molecule has 5 heterocycles. The molecule has 0 bridgehead atoms. The molecule has 6 aromatic rings. The maximum atomic E-state index is 13.1. The molecule has 0 radical (unpaired) electrons. The van der Waals surface area contributed by atoms with Crippen molar-refractivity contribution in [3.8, 4) is 0 Å². The average Bonchev–Trinajstić information content (AvgIpc) is 4.08. The van der Waals surface area contributed by atoms with Gasteiger partial charge in [0.1, 0.15) is 0 Å². The van der Waals surface area contributed by atoms with Crippen LogP contribution in [0, 0.1) is 6.92 Å². The highest BCUT2D eigenvalue weighted by Gasteiger charge is 2.33. The van der Waals surface area contributed by atoms with E-state index in [0.29, 0.717) is 55.0 Å². The van der Waals surface area contributed by atoms with Gasteiger partial charge < -0.3 is 23.7 Å². The number of amides is 4. The highest BCUT2D eigenvalue weighted by atomic mass is 19.4. The number of benzene rings is 4. The number of carbonyl (C=O) groups excluding carboxylic acids is 5. The highest BCUT2D eigenvalue weighted by molar-refractivity contribution is 6.05. The summed E-state index contributed by atoms with van der Waals surface area (Å²) < 4.78 is 48.1. The number of hydrogen-bond acceptors (Lipinski definition) is 9. The summed E-state index contributed by atoms with van der Waals surface area (Å²) in [5, 5.41) is 5.71. The number of rotatable bonds is 11. The Morgan fingerprint density at radius 2 is 1.28 bits per heavy atom. The van der Waals surface area contributed by atoms with Crippen molar-refractivity contribution < 1.29 is 41.9 Å². The smallest absolute Gasteiger partial charge is 0.416 e. The van der Waals surface area contributed by atoms with E-state index in [1.54, 1.807) is 33.7 Å². The molecule has 1 unspecified atom stereocenters. The number of piperidine rings is 1. The Morgan fingerprint density at radius 3 is 1.94 bits per heavy atom. The molecule has 9 rings (SSSR count). The van der Waals surface area contributed by atoms with Crippen LogP contribution in [0.5, 0.6) is 0 Å². The lowest BCUT2D eigenvalue weighted by Crippen LogP contribution is -2.40. The van der Waals surface area contributed by atoms with E-state index in [1.807, 2.05) is 23.1 Å². The number of carbonyl (C=O) groups is 5. The van der Waals surface area contributed by atoms with Gasteiger partial charge in [0.25, 0.3) is 11.8 Å². The van der Waals surface area contributed by atoms with E-state index in [9.17, 15) is 37.1 Å². The molecule has 72 heavy (non-hydrogen) atoms. The Labute approximate surface area is 415 Å². The predicted octanol–water partition coefficient (Wildman–Crippen LogP) is 9.38. The van der Waals surface area contributed by atoms with Gasteiger partial charge in [-0.2, -0.15) is 13.2 Å². The number of alkyl halides is 3. The molecule has 0 aliphatic carbocycles. The topological polar surface area (TPSA) is 164 Å². The van der Waals surface area contributed by atoms with Crippen LogP contribution in [0.3, 0.4) is 0 Å². The van der Waals surface area contributed by atoms with Crippen LogP contribution >= 0.6 is 0 Å². The average molecular weight is 986 g/mol. The second kappa shape index (κ2) is 22.2. The second-order valence-corrected chi connectivity index (χ2v) is 18.3. The van der Waals surface area contributed by atoms with E-state index in [1.165, 1.54) is 49.8 Å². The Balaban J connectivity index is 0.000000193. The number of esters is 1. The quantitative estimate of drug-likeness (QED) is 0.0951. The summed E-state index contributed by atoms with van der Waals surface area (Å²) in [6.45, 7) is 14.7. The summed E-state index contributed by atoms with van der Waals surface area (Å²) in [7, 11) is 1.25. The number of nitrogens with one attached hydrogen (secondary N) is 2. The summed E-state index contributed by atoms with van der Waals surface area (Å²) in [6, 6.07) is 22.2. The maximum Gasteiger partial charge on any atom is 0.416 e. The van der Waals surface area contributed by atoms with Gasteiger partial charge in [0, 0.05) is 43.9 Å². The fourth-order valence-electron chi connectivity index (χ4n) is 9.97. The normalized spacial score (nSPS) is 17.4. The van der Waals surface area contributed by atoms with Crippen molar-refractivity contribution in [1.29, 1.82) is 0 Å². The van der Waals surface area contributed by atoms with Crippen LogP contribution in [-0.2, 0) is 27.0 Å². The van der Waals surface area contributed by atoms with E-state index < -0.39 is 23.6 Å². The van der Waals surface area contributed by atoms with Crippen molar-refractivity contribution in [3.63, 3.8) is 0 Å². The predicted molar refractivity (Wildman–Crippen MR) is 269 cm³/mol. The molecule has 3 fully saturated rings. The molecule has 3 aliphatic rings. The van der Waals surface area contributed by atoms with Crippen LogP contribution in [0.1, 0.15) is 105 Å². The van der Waals surface area contributed by atoms with Crippen LogP contribution in [0.15, 0.2) is 110 Å². The van der Waals surface area contributed by atoms with Crippen molar-refractivity contribution in [3.05, 3.63) is 144 Å². The monoisotopic (exact) mass is 985 g/mol. The van der Waals surface area contributed by atoms with Crippen LogP contribution < -0.4 is 10.6 Å². The van der Waals surface area contributed by atoms with Crippen molar-refractivity contribution >= 4 is 63.6 Å². The number of fused-ring (bicyclic) bond motifs is 2. The van der Waals surface area contributed by atoms with Gasteiger partial charge in [0.2, 0.25) is 23.7 Å². The highest BCUT2D eigenvalue weighted by Crippen LogP contribution is 2.35. The number of methoxy groups -OCH3 is 1. The first kappa shape index (κ1) is 50.8. The van der Waals surface area contributed by atoms with Gasteiger partial charge in [-0.25, -0.2) is 14.8 Å². The van der Waals surface area contributed by atoms with Gasteiger partial charge in [0.15, 0.2) is 0 Å². The second-order valence-electron chi connectivity index (χ2n) is 18.3. The number of imidazole rings is 2. The maximum absolute atomic E-state index is 13.1. The first-order chi connectivity index (χ1) is 34.6. The molecule has 376 valence electrons. The third kappa shape index (κ3) is 11.4. The number of halogens is 3. The van der Waals surface area contributed by atoms with E-state index >= 15 is 0 Å². The summed E-state index contributed by atoms with van der Waals surface area (Å²) in [5.74, 6) is -1.18. The van der Waals surface area contributed by atoms with Gasteiger partial charge in [-0.3, -0.25) is 34.7 Å². The van der Waals surface area contributed by atoms with Crippen molar-refractivity contribution in [1.82, 2.24) is 33.8 Å². The standard InChI is InChI=1S/C29H35N5O2.C25H23F3N4O4/c1-3-26(35)33-16-8-7-13-24(20-33)34-27-21(2)17-22(19-32-14-9-10-15-32)18-25(27)30-29(34)31-28(36)23-11-5-4-6-12-23;1-3-21(33)31-11-5-8-18(14-31)32-20-10-9-16(23(35)36-2)13-19(20)29-24(32)30-22(34)15-6-4-7-17(12-15)25(26,27)28/h3-6,11-12,17-18,24H,1,7-10,13-16,19-20H2,2H3,(H,30,31,36);3-4,6-7,9-10,12-13,18H,1,5,8,11,14H2,2H3,(H,29,30,34)/t24-;/m1./s1. The van der Waals surface area contributed by atoms with Crippen LogP contribution in [0.4, 0.5) is 25.1 Å². The Morgan fingerprint density at radius 1 is 0.681 bits per heavy atom. The Hall–Kier alpha value is -7.60. The number of likely N-dealkylation sites (tertiary alicyclic amines) is 3. The lowest BCUT2D eigenvalue weighted by molar-refractivity contribution is -0.137. The number of anilines is 2. The Kier molecular flexibility index (Phi) is 15.7. The summed E-state index contributed by atoms with van der Waals surface area (Å²) in [6.07, 6.45) is 4.75. The van der Waals surface area contributed by atoms with Crippen molar-refractivity contribution in [2.75, 3.05) is 57.0 Å². The van der Waals surface area contributed by atoms with Crippen LogP contribution in [-0.4, -0.2) is 110 Å². The minimum Gasteiger partial charge on any atom is -0.465 e. The molecular weight excluding hydrogens is 928 g/mol. The minimum absolute atomic E-state index is 0.00982. The molecule has 15 nitrogen and oxygen atoms in total. The number of ether oxygens (including phenoxy) is 1. The number of nitrogens with zero attached hydrogens (tertiary/aromatic N) is 7. The lowest BCUT2D eigenvalue weighted by Gasteiger charge is -2.33. The fraction of sp³-hybridized carbons (Fsp3) is 0.352. The Bertz CT molecular complexity index is 3020. The molecular formula is C54H58F3N9O6. The summed E-state index contributed by atoms with van der Waals surface area (Å²) in [5.41, 5.74) is 4.97.